The average Bonchev–Trinajstić information content (AvgIpc) is 3.15. The summed E-state index contributed by atoms with van der Waals surface area (Å²) in [5.74, 6) is 0.314. The van der Waals surface area contributed by atoms with Gasteiger partial charge in [0.25, 0.3) is 5.91 Å². The Hall–Kier alpha value is -2.14. The number of nitrogens with zero attached hydrogens (tertiary/aromatic N) is 2. The summed E-state index contributed by atoms with van der Waals surface area (Å²) in [6.45, 7) is 0.649. The van der Waals surface area contributed by atoms with Gasteiger partial charge in [-0.15, -0.1) is 0 Å². The molecule has 2 aromatic rings. The molecule has 2 atom stereocenters. The lowest BCUT2D eigenvalue weighted by Gasteiger charge is -2.15. The van der Waals surface area contributed by atoms with Crippen molar-refractivity contribution < 1.29 is 4.79 Å². The van der Waals surface area contributed by atoms with Crippen LogP contribution in [0.3, 0.4) is 0 Å². The van der Waals surface area contributed by atoms with E-state index in [1.807, 2.05) is 30.3 Å². The maximum Gasteiger partial charge on any atom is 0.254 e. The molecule has 1 aromatic carbocycles. The van der Waals surface area contributed by atoms with E-state index in [1.54, 1.807) is 17.1 Å². The van der Waals surface area contributed by atoms with Gasteiger partial charge < -0.3 is 11.1 Å². The summed E-state index contributed by atoms with van der Waals surface area (Å²) in [6, 6.07) is 9.96. The molecule has 21 heavy (non-hydrogen) atoms. The Bertz CT molecular complexity index is 608. The van der Waals surface area contributed by atoms with Crippen LogP contribution in [0.25, 0.3) is 5.69 Å². The number of aromatic nitrogens is 2. The first-order valence-electron chi connectivity index (χ1n) is 7.38. The SMILES string of the molecule is NC1CCCC1CNC(=O)c1cnn(-c2ccccc2)c1. The third kappa shape index (κ3) is 3.13. The molecule has 5 nitrogen and oxygen atoms in total. The highest BCUT2D eigenvalue weighted by molar-refractivity contribution is 5.93. The summed E-state index contributed by atoms with van der Waals surface area (Å²) in [5, 5.41) is 7.20. The second kappa shape index (κ2) is 6.10. The molecule has 3 N–H and O–H groups in total. The molecule has 0 bridgehead atoms. The zero-order valence-electron chi connectivity index (χ0n) is 11.9. The zero-order valence-corrected chi connectivity index (χ0v) is 11.9. The van der Waals surface area contributed by atoms with Gasteiger partial charge in [-0.1, -0.05) is 24.6 Å². The van der Waals surface area contributed by atoms with E-state index in [4.69, 9.17) is 5.73 Å². The van der Waals surface area contributed by atoms with Gasteiger partial charge in [-0.05, 0) is 30.9 Å². The molecule has 1 amide bonds. The van der Waals surface area contributed by atoms with Crippen LogP contribution in [0.1, 0.15) is 29.6 Å². The minimum Gasteiger partial charge on any atom is -0.352 e. The van der Waals surface area contributed by atoms with Crippen LogP contribution in [-0.4, -0.2) is 28.3 Å². The Morgan fingerprint density at radius 3 is 2.86 bits per heavy atom. The lowest BCUT2D eigenvalue weighted by Crippen LogP contribution is -2.35. The standard InChI is InChI=1S/C16H20N4O/c17-15-8-4-5-12(15)9-18-16(21)13-10-19-20(11-13)14-6-2-1-3-7-14/h1-3,6-7,10-12,15H,4-5,8-9,17H2,(H,18,21). The number of para-hydroxylation sites is 1. The van der Waals surface area contributed by atoms with Crippen LogP contribution in [0.5, 0.6) is 0 Å². The van der Waals surface area contributed by atoms with Gasteiger partial charge in [-0.2, -0.15) is 5.10 Å². The molecule has 1 aromatic heterocycles. The lowest BCUT2D eigenvalue weighted by molar-refractivity contribution is 0.0946. The molecule has 1 aliphatic rings. The van der Waals surface area contributed by atoms with Crippen LogP contribution in [0, 0.1) is 5.92 Å². The molecule has 5 heteroatoms. The van der Waals surface area contributed by atoms with Crippen molar-refractivity contribution in [3.05, 3.63) is 48.3 Å². The van der Waals surface area contributed by atoms with Crippen molar-refractivity contribution >= 4 is 5.91 Å². The second-order valence-corrected chi connectivity index (χ2v) is 5.57. The van der Waals surface area contributed by atoms with Crippen molar-refractivity contribution in [1.29, 1.82) is 0 Å². The van der Waals surface area contributed by atoms with E-state index in [1.165, 1.54) is 0 Å². The number of benzene rings is 1. The van der Waals surface area contributed by atoms with E-state index in [9.17, 15) is 4.79 Å². The maximum absolute atomic E-state index is 12.1. The maximum atomic E-state index is 12.1. The van der Waals surface area contributed by atoms with E-state index < -0.39 is 0 Å². The average molecular weight is 284 g/mol. The van der Waals surface area contributed by atoms with Gasteiger partial charge in [0.2, 0.25) is 0 Å². The van der Waals surface area contributed by atoms with Crippen molar-refractivity contribution in [2.75, 3.05) is 6.54 Å². The minimum atomic E-state index is -0.0868. The molecular weight excluding hydrogens is 264 g/mol. The zero-order chi connectivity index (χ0) is 14.7. The molecule has 1 heterocycles. The summed E-state index contributed by atoms with van der Waals surface area (Å²) in [5.41, 5.74) is 7.53. The summed E-state index contributed by atoms with van der Waals surface area (Å²) < 4.78 is 1.70. The molecule has 0 spiro atoms. The topological polar surface area (TPSA) is 72.9 Å². The van der Waals surface area contributed by atoms with Gasteiger partial charge in [0.05, 0.1) is 17.4 Å². The molecule has 1 saturated carbocycles. The van der Waals surface area contributed by atoms with Crippen LogP contribution in [0.4, 0.5) is 0 Å². The Morgan fingerprint density at radius 1 is 1.33 bits per heavy atom. The fourth-order valence-electron chi connectivity index (χ4n) is 2.81. The molecular formula is C16H20N4O. The quantitative estimate of drug-likeness (QED) is 0.898. The number of nitrogens with one attached hydrogen (secondary N) is 1. The van der Waals surface area contributed by atoms with Crippen molar-refractivity contribution in [1.82, 2.24) is 15.1 Å². The van der Waals surface area contributed by atoms with E-state index in [-0.39, 0.29) is 11.9 Å². The molecule has 0 aliphatic heterocycles. The first-order chi connectivity index (χ1) is 10.2. The predicted molar refractivity (Wildman–Crippen MR) is 81.2 cm³/mol. The molecule has 2 unspecified atom stereocenters. The van der Waals surface area contributed by atoms with Gasteiger partial charge in [0.15, 0.2) is 0 Å². The van der Waals surface area contributed by atoms with Crippen LogP contribution in [0.15, 0.2) is 42.7 Å². The third-order valence-electron chi connectivity index (χ3n) is 4.11. The molecule has 3 rings (SSSR count). The normalized spacial score (nSPS) is 21.4. The monoisotopic (exact) mass is 284 g/mol. The van der Waals surface area contributed by atoms with Crippen molar-refractivity contribution in [2.24, 2.45) is 11.7 Å². The second-order valence-electron chi connectivity index (χ2n) is 5.57. The number of carbonyl (C=O) groups is 1. The lowest BCUT2D eigenvalue weighted by atomic mass is 10.0. The van der Waals surface area contributed by atoms with Gasteiger partial charge in [0.1, 0.15) is 0 Å². The predicted octanol–water partition coefficient (Wildman–Crippen LogP) is 1.73. The summed E-state index contributed by atoms with van der Waals surface area (Å²) in [7, 11) is 0. The van der Waals surface area contributed by atoms with Crippen LogP contribution in [0.2, 0.25) is 0 Å². The van der Waals surface area contributed by atoms with Crippen molar-refractivity contribution in [2.45, 2.75) is 25.3 Å². The highest BCUT2D eigenvalue weighted by Gasteiger charge is 2.24. The fraction of sp³-hybridized carbons (Fsp3) is 0.375. The third-order valence-corrected chi connectivity index (χ3v) is 4.11. The van der Waals surface area contributed by atoms with Crippen LogP contribution >= 0.6 is 0 Å². The van der Waals surface area contributed by atoms with E-state index >= 15 is 0 Å². The fourth-order valence-corrected chi connectivity index (χ4v) is 2.81. The summed E-state index contributed by atoms with van der Waals surface area (Å²) >= 11 is 0. The Balaban J connectivity index is 1.62. The number of nitrogens with two attached hydrogens (primary N) is 1. The number of carbonyl (C=O) groups excluding carboxylic acids is 1. The highest BCUT2D eigenvalue weighted by atomic mass is 16.1. The number of amides is 1. The molecule has 1 fully saturated rings. The molecule has 0 radical (unpaired) electrons. The molecule has 1 aliphatic carbocycles. The van der Waals surface area contributed by atoms with Gasteiger partial charge >= 0.3 is 0 Å². The van der Waals surface area contributed by atoms with Gasteiger partial charge in [-0.3, -0.25) is 4.79 Å². The van der Waals surface area contributed by atoms with Crippen molar-refractivity contribution in [3.8, 4) is 5.69 Å². The Labute approximate surface area is 124 Å². The minimum absolute atomic E-state index is 0.0868. The highest BCUT2D eigenvalue weighted by Crippen LogP contribution is 2.23. The number of hydrogen-bond acceptors (Lipinski definition) is 3. The van der Waals surface area contributed by atoms with Crippen molar-refractivity contribution in [3.63, 3.8) is 0 Å². The van der Waals surface area contributed by atoms with Crippen LogP contribution in [-0.2, 0) is 0 Å². The number of hydrogen-bond donors (Lipinski definition) is 2. The van der Waals surface area contributed by atoms with E-state index in [2.05, 4.69) is 10.4 Å². The molecule has 110 valence electrons. The smallest absolute Gasteiger partial charge is 0.254 e. The van der Waals surface area contributed by atoms with E-state index in [0.717, 1.165) is 24.9 Å². The van der Waals surface area contributed by atoms with E-state index in [0.29, 0.717) is 18.0 Å². The molecule has 0 saturated heterocycles. The first-order valence-corrected chi connectivity index (χ1v) is 7.38. The largest absolute Gasteiger partial charge is 0.352 e. The van der Waals surface area contributed by atoms with Gasteiger partial charge in [-0.25, -0.2) is 4.68 Å². The first kappa shape index (κ1) is 13.8. The Kier molecular flexibility index (Phi) is 4.01. The summed E-state index contributed by atoms with van der Waals surface area (Å²) in [6.07, 6.45) is 6.67. The van der Waals surface area contributed by atoms with Gasteiger partial charge in [0, 0.05) is 18.8 Å². The van der Waals surface area contributed by atoms with Crippen LogP contribution < -0.4 is 11.1 Å². The Morgan fingerprint density at radius 2 is 2.14 bits per heavy atom. The number of rotatable bonds is 4. The summed E-state index contributed by atoms with van der Waals surface area (Å²) in [4.78, 5) is 12.1.